The highest BCUT2D eigenvalue weighted by atomic mass is 16.4. The first-order valence-corrected chi connectivity index (χ1v) is 15.8. The minimum Gasteiger partial charge on any atom is -0.464 e. The summed E-state index contributed by atoms with van der Waals surface area (Å²) in [5.41, 5.74) is 2.24. The molecule has 5 aliphatic rings. The average molecular weight is 537 g/mol. The fourth-order valence-electron chi connectivity index (χ4n) is 12.8. The molecule has 5 fully saturated rings. The van der Waals surface area contributed by atoms with E-state index >= 15 is 0 Å². The quantitative estimate of drug-likeness (QED) is 0.382. The van der Waals surface area contributed by atoms with Crippen LogP contribution in [0.2, 0.25) is 0 Å². The molecule has 39 heavy (non-hydrogen) atoms. The Morgan fingerprint density at radius 2 is 1.72 bits per heavy atom. The largest absolute Gasteiger partial charge is 0.464 e. The van der Waals surface area contributed by atoms with Crippen LogP contribution in [0, 0.1) is 56.7 Å². The number of hydrogen-bond acceptors (Lipinski definition) is 3. The van der Waals surface area contributed by atoms with E-state index in [-0.39, 0.29) is 33.0 Å². The number of nitrogens with zero attached hydrogens (tertiary/aromatic N) is 2. The second kappa shape index (κ2) is 8.69. The maximum Gasteiger partial charge on any atom is 0.417 e. The molecule has 1 aromatic heterocycles. The second-order valence-electron chi connectivity index (χ2n) is 16.1. The molecule has 1 heterocycles. The van der Waals surface area contributed by atoms with Crippen LogP contribution in [0.25, 0.3) is 0 Å². The monoisotopic (exact) mass is 536 g/mol. The van der Waals surface area contributed by atoms with Gasteiger partial charge in [-0.05, 0) is 128 Å². The summed E-state index contributed by atoms with van der Waals surface area (Å²) < 4.78 is 1.36. The Labute approximate surface area is 235 Å². The van der Waals surface area contributed by atoms with Gasteiger partial charge in [-0.25, -0.2) is 14.3 Å². The smallest absolute Gasteiger partial charge is 0.417 e. The Kier molecular flexibility index (Phi) is 6.14. The molecule has 0 amide bonds. The molecule has 0 bridgehead atoms. The van der Waals surface area contributed by atoms with Crippen molar-refractivity contribution in [1.29, 1.82) is 0 Å². The van der Waals surface area contributed by atoms with Crippen LogP contribution in [0.5, 0.6) is 0 Å². The molecule has 0 spiro atoms. The summed E-state index contributed by atoms with van der Waals surface area (Å²) >= 11 is 0. The first-order chi connectivity index (χ1) is 18.3. The highest BCUT2D eigenvalue weighted by Gasteiger charge is 2.71. The zero-order chi connectivity index (χ0) is 28.2. The standard InChI is InChI=1S/C34H52N2O3/c1-21(2)22-10-15-34(20-37)17-16-32(6)23(27(22)34)8-9-26-31(5)13-11-24(28-35-18-19-36(28)29(38)39)30(3,4)25(31)12-14-33(26,32)7/h18-19,22-27,37H,1,8-17,20H2,2-7H3,(H,38,39)/t22-,23+,24+,25-,26?,27+,31-,32+,33+,34+/m0/s1. The van der Waals surface area contributed by atoms with E-state index in [4.69, 9.17) is 0 Å². The molecule has 0 aromatic carbocycles. The minimum atomic E-state index is -0.926. The molecule has 216 valence electrons. The number of aromatic nitrogens is 2. The van der Waals surface area contributed by atoms with Gasteiger partial charge in [0.2, 0.25) is 0 Å². The SMILES string of the molecule is C=C(C)[C@@H]1CC[C@]2(CO)CC[C@]3(C)[C@H](CCC4[C@@]5(C)CC[C@H](c6nccn6C(=O)O)C(C)(C)[C@@H]5CC[C@]43C)[C@@H]12. The molecule has 6 rings (SSSR count). The number of aliphatic hydroxyl groups excluding tert-OH is 1. The molecule has 5 saturated carbocycles. The van der Waals surface area contributed by atoms with Crippen LogP contribution in [-0.4, -0.2) is 32.5 Å². The zero-order valence-electron chi connectivity index (χ0n) is 25.3. The van der Waals surface area contributed by atoms with Gasteiger partial charge in [0.05, 0.1) is 0 Å². The molecule has 1 aromatic rings. The molecule has 2 N–H and O–H groups in total. The molecule has 0 radical (unpaired) electrons. The first-order valence-electron chi connectivity index (χ1n) is 15.8. The Bertz CT molecular complexity index is 1170. The van der Waals surface area contributed by atoms with Crippen LogP contribution in [-0.2, 0) is 0 Å². The minimum absolute atomic E-state index is 0.0141. The van der Waals surface area contributed by atoms with Gasteiger partial charge in [0.25, 0.3) is 0 Å². The van der Waals surface area contributed by atoms with Gasteiger partial charge in [-0.15, -0.1) is 0 Å². The van der Waals surface area contributed by atoms with Gasteiger partial charge < -0.3 is 10.2 Å². The topological polar surface area (TPSA) is 75.4 Å². The summed E-state index contributed by atoms with van der Waals surface area (Å²) in [7, 11) is 0. The van der Waals surface area contributed by atoms with E-state index in [2.05, 4.69) is 53.1 Å². The highest BCUT2D eigenvalue weighted by Crippen LogP contribution is 2.78. The maximum absolute atomic E-state index is 12.0. The van der Waals surface area contributed by atoms with E-state index in [0.717, 1.165) is 18.7 Å². The van der Waals surface area contributed by atoms with Crippen molar-refractivity contribution in [3.8, 4) is 0 Å². The van der Waals surface area contributed by atoms with Gasteiger partial charge >= 0.3 is 6.09 Å². The predicted octanol–water partition coefficient (Wildman–Crippen LogP) is 8.14. The number of carbonyl (C=O) groups is 1. The van der Waals surface area contributed by atoms with E-state index in [1.807, 2.05) is 0 Å². The number of allylic oxidation sites excluding steroid dienone is 1. The van der Waals surface area contributed by atoms with E-state index < -0.39 is 6.09 Å². The third-order valence-electron chi connectivity index (χ3n) is 14.8. The van der Waals surface area contributed by atoms with Crippen molar-refractivity contribution in [3.63, 3.8) is 0 Å². The van der Waals surface area contributed by atoms with Crippen molar-refractivity contribution >= 4 is 6.09 Å². The fourth-order valence-corrected chi connectivity index (χ4v) is 12.8. The molecule has 1 unspecified atom stereocenters. The van der Waals surface area contributed by atoms with Crippen LogP contribution in [0.1, 0.15) is 117 Å². The van der Waals surface area contributed by atoms with Gasteiger partial charge in [0.1, 0.15) is 5.82 Å². The molecule has 5 nitrogen and oxygen atoms in total. The van der Waals surface area contributed by atoms with Crippen LogP contribution in [0.4, 0.5) is 4.79 Å². The van der Waals surface area contributed by atoms with E-state index in [1.165, 1.54) is 61.5 Å². The number of aliphatic hydroxyl groups is 1. The molecule has 0 saturated heterocycles. The summed E-state index contributed by atoms with van der Waals surface area (Å²) in [6, 6.07) is 0. The van der Waals surface area contributed by atoms with Gasteiger partial charge in [-0.3, -0.25) is 0 Å². The van der Waals surface area contributed by atoms with Gasteiger partial charge in [0, 0.05) is 24.9 Å². The molecule has 10 atom stereocenters. The number of carboxylic acid groups (broad SMARTS) is 1. The van der Waals surface area contributed by atoms with Crippen LogP contribution in [0.3, 0.4) is 0 Å². The van der Waals surface area contributed by atoms with Crippen molar-refractivity contribution in [2.75, 3.05) is 6.61 Å². The van der Waals surface area contributed by atoms with E-state index in [1.54, 1.807) is 12.4 Å². The van der Waals surface area contributed by atoms with Gasteiger partial charge in [-0.2, -0.15) is 0 Å². The second-order valence-corrected chi connectivity index (χ2v) is 16.1. The normalized spacial score (nSPS) is 48.4. The number of hydrogen-bond donors (Lipinski definition) is 2. The summed E-state index contributed by atoms with van der Waals surface area (Å²) in [6.45, 7) is 19.8. The van der Waals surface area contributed by atoms with Crippen LogP contribution >= 0.6 is 0 Å². The molecular weight excluding hydrogens is 484 g/mol. The summed E-state index contributed by atoms with van der Waals surface area (Å²) in [4.78, 5) is 16.6. The summed E-state index contributed by atoms with van der Waals surface area (Å²) in [6.07, 6.45) is 14.3. The molecular formula is C34H52N2O3. The fraction of sp³-hybridized carbons (Fsp3) is 0.824. The van der Waals surface area contributed by atoms with Gasteiger partial charge in [0.15, 0.2) is 0 Å². The van der Waals surface area contributed by atoms with Crippen molar-refractivity contribution < 1.29 is 15.0 Å². The van der Waals surface area contributed by atoms with Crippen LogP contribution in [0.15, 0.2) is 24.5 Å². The average Bonchev–Trinajstić information content (AvgIpc) is 3.50. The lowest BCUT2D eigenvalue weighted by Gasteiger charge is -2.73. The van der Waals surface area contributed by atoms with Crippen LogP contribution < -0.4 is 0 Å². The number of fused-ring (bicyclic) bond motifs is 7. The zero-order valence-corrected chi connectivity index (χ0v) is 25.3. The number of imidazole rings is 1. The third kappa shape index (κ3) is 3.40. The van der Waals surface area contributed by atoms with E-state index in [9.17, 15) is 15.0 Å². The highest BCUT2D eigenvalue weighted by molar-refractivity contribution is 5.68. The van der Waals surface area contributed by atoms with Crippen molar-refractivity contribution in [3.05, 3.63) is 30.4 Å². The van der Waals surface area contributed by atoms with Gasteiger partial charge in [-0.1, -0.05) is 46.8 Å². The Balaban J connectivity index is 1.35. The van der Waals surface area contributed by atoms with Crippen molar-refractivity contribution in [2.45, 2.75) is 112 Å². The maximum atomic E-state index is 12.0. The Morgan fingerprint density at radius 3 is 2.38 bits per heavy atom. The lowest BCUT2D eigenvalue weighted by molar-refractivity contribution is -0.241. The van der Waals surface area contributed by atoms with Crippen molar-refractivity contribution in [1.82, 2.24) is 9.55 Å². The molecule has 0 aliphatic heterocycles. The Morgan fingerprint density at radius 1 is 0.974 bits per heavy atom. The van der Waals surface area contributed by atoms with E-state index in [0.29, 0.717) is 36.2 Å². The number of rotatable bonds is 3. The lowest BCUT2D eigenvalue weighted by Crippen LogP contribution is -2.66. The third-order valence-corrected chi connectivity index (χ3v) is 14.8. The molecule has 5 heteroatoms. The first kappa shape index (κ1) is 27.5. The Hall–Kier alpha value is -1.62. The summed E-state index contributed by atoms with van der Waals surface area (Å²) in [5, 5.41) is 20.6. The molecule has 5 aliphatic carbocycles. The predicted molar refractivity (Wildman–Crippen MR) is 154 cm³/mol. The van der Waals surface area contributed by atoms with Crippen molar-refractivity contribution in [2.24, 2.45) is 56.7 Å². The lowest BCUT2D eigenvalue weighted by atomic mass is 9.32. The summed E-state index contributed by atoms with van der Waals surface area (Å²) in [5.74, 6) is 3.92.